The Bertz CT molecular complexity index is 359. The molecule has 1 heterocycles. The molecule has 0 aromatic carbocycles. The van der Waals surface area contributed by atoms with Crippen molar-refractivity contribution < 1.29 is 13.2 Å². The molecule has 14 heavy (non-hydrogen) atoms. The maximum Gasteiger partial charge on any atom is 0.268 e. The molecule has 0 unspecified atom stereocenters. The first-order valence-electron chi connectivity index (χ1n) is 3.87. The summed E-state index contributed by atoms with van der Waals surface area (Å²) < 4.78 is 37.6. The molecule has 0 aliphatic heterocycles. The van der Waals surface area contributed by atoms with E-state index >= 15 is 0 Å². The van der Waals surface area contributed by atoms with Crippen molar-refractivity contribution in [3.8, 4) is 6.07 Å². The summed E-state index contributed by atoms with van der Waals surface area (Å²) in [6, 6.07) is 2.64. The van der Waals surface area contributed by atoms with Gasteiger partial charge in [0.25, 0.3) is 6.43 Å². The van der Waals surface area contributed by atoms with Crippen LogP contribution in [0.5, 0.6) is 0 Å². The molecular weight excluding hydrogens is 193 g/mol. The van der Waals surface area contributed by atoms with Gasteiger partial charge in [-0.15, -0.1) is 0 Å². The molecule has 5 heteroatoms. The van der Waals surface area contributed by atoms with E-state index in [2.05, 4.69) is 4.98 Å². The van der Waals surface area contributed by atoms with Crippen LogP contribution in [0.1, 0.15) is 23.4 Å². The number of pyridine rings is 1. The van der Waals surface area contributed by atoms with Crippen LogP contribution in [-0.2, 0) is 6.42 Å². The number of nitrogens with zero attached hydrogens (tertiary/aromatic N) is 2. The average molecular weight is 200 g/mol. The summed E-state index contributed by atoms with van der Waals surface area (Å²) in [6.07, 6.45) is -2.96. The lowest BCUT2D eigenvalue weighted by molar-refractivity contribution is 0.145. The summed E-state index contributed by atoms with van der Waals surface area (Å²) in [5.74, 6) is -1.00. The molecule has 0 radical (unpaired) electrons. The molecule has 0 saturated heterocycles. The van der Waals surface area contributed by atoms with E-state index in [4.69, 9.17) is 5.26 Å². The van der Waals surface area contributed by atoms with Crippen LogP contribution in [-0.4, -0.2) is 4.98 Å². The molecule has 0 N–H and O–H groups in total. The highest BCUT2D eigenvalue weighted by molar-refractivity contribution is 5.26. The van der Waals surface area contributed by atoms with Crippen LogP contribution in [0.3, 0.4) is 0 Å². The molecule has 1 aromatic rings. The zero-order chi connectivity index (χ0) is 10.7. The van der Waals surface area contributed by atoms with Gasteiger partial charge in [-0.1, -0.05) is 0 Å². The largest absolute Gasteiger partial charge is 0.268 e. The SMILES string of the molecule is Cc1nc(CC#N)cc(F)c1C(F)F. The van der Waals surface area contributed by atoms with Gasteiger partial charge in [0, 0.05) is 5.69 Å². The second kappa shape index (κ2) is 4.09. The Labute approximate surface area is 79.0 Å². The lowest BCUT2D eigenvalue weighted by atomic mass is 10.1. The van der Waals surface area contributed by atoms with Crippen LogP contribution in [0.25, 0.3) is 0 Å². The van der Waals surface area contributed by atoms with Gasteiger partial charge in [0.15, 0.2) is 0 Å². The summed E-state index contributed by atoms with van der Waals surface area (Å²) in [6.45, 7) is 1.30. The zero-order valence-electron chi connectivity index (χ0n) is 7.39. The summed E-state index contributed by atoms with van der Waals surface area (Å²) in [4.78, 5) is 3.70. The third kappa shape index (κ3) is 2.02. The Kier molecular flexibility index (Phi) is 3.07. The average Bonchev–Trinajstić information content (AvgIpc) is 2.01. The minimum absolute atomic E-state index is 0.0646. The molecule has 1 aromatic heterocycles. The van der Waals surface area contributed by atoms with Crippen molar-refractivity contribution in [1.82, 2.24) is 4.98 Å². The Morgan fingerprint density at radius 1 is 1.57 bits per heavy atom. The number of aromatic nitrogens is 1. The van der Waals surface area contributed by atoms with E-state index in [1.807, 2.05) is 0 Å². The zero-order valence-corrected chi connectivity index (χ0v) is 7.39. The monoisotopic (exact) mass is 200 g/mol. The molecule has 0 aliphatic rings. The van der Waals surface area contributed by atoms with Crippen LogP contribution in [0, 0.1) is 24.1 Å². The number of rotatable bonds is 2. The predicted octanol–water partition coefficient (Wildman–Crippen LogP) is 2.53. The molecule has 0 fully saturated rings. The molecule has 0 spiro atoms. The lowest BCUT2D eigenvalue weighted by Crippen LogP contribution is -2.01. The second-order valence-corrected chi connectivity index (χ2v) is 2.73. The van der Waals surface area contributed by atoms with Gasteiger partial charge in [-0.3, -0.25) is 4.98 Å². The molecule has 0 aliphatic carbocycles. The van der Waals surface area contributed by atoms with Gasteiger partial charge >= 0.3 is 0 Å². The normalized spacial score (nSPS) is 10.3. The Balaban J connectivity index is 3.19. The van der Waals surface area contributed by atoms with Crippen LogP contribution in [0.4, 0.5) is 13.2 Å². The smallest absolute Gasteiger partial charge is 0.256 e. The van der Waals surface area contributed by atoms with Crippen LogP contribution in [0.2, 0.25) is 0 Å². The second-order valence-electron chi connectivity index (χ2n) is 2.73. The molecule has 1 rings (SSSR count). The summed E-state index contributed by atoms with van der Waals surface area (Å²) in [5, 5.41) is 8.32. The molecule has 0 atom stereocenters. The Hall–Kier alpha value is -1.57. The first-order valence-corrected chi connectivity index (χ1v) is 3.87. The maximum absolute atomic E-state index is 13.1. The highest BCUT2D eigenvalue weighted by Gasteiger charge is 2.18. The fraction of sp³-hybridized carbons (Fsp3) is 0.333. The minimum atomic E-state index is -2.88. The van der Waals surface area contributed by atoms with E-state index < -0.39 is 17.8 Å². The van der Waals surface area contributed by atoms with Gasteiger partial charge in [0.2, 0.25) is 0 Å². The highest BCUT2D eigenvalue weighted by atomic mass is 19.3. The van der Waals surface area contributed by atoms with Crippen molar-refractivity contribution in [3.63, 3.8) is 0 Å². The van der Waals surface area contributed by atoms with E-state index in [-0.39, 0.29) is 17.8 Å². The van der Waals surface area contributed by atoms with E-state index in [9.17, 15) is 13.2 Å². The number of halogens is 3. The topological polar surface area (TPSA) is 36.7 Å². The maximum atomic E-state index is 13.1. The van der Waals surface area contributed by atoms with Crippen molar-refractivity contribution >= 4 is 0 Å². The molecule has 2 nitrogen and oxygen atoms in total. The Morgan fingerprint density at radius 3 is 2.64 bits per heavy atom. The highest BCUT2D eigenvalue weighted by Crippen LogP contribution is 2.24. The third-order valence-electron chi connectivity index (χ3n) is 1.73. The number of hydrogen-bond acceptors (Lipinski definition) is 2. The van der Waals surface area contributed by atoms with Gasteiger partial charge < -0.3 is 0 Å². The standard InChI is InChI=1S/C9H7F3N2/c1-5-8(9(11)12)7(10)4-6(14-5)2-3-13/h4,9H,2H2,1H3. The van der Waals surface area contributed by atoms with E-state index in [1.165, 1.54) is 6.92 Å². The van der Waals surface area contributed by atoms with Crippen LogP contribution >= 0.6 is 0 Å². The van der Waals surface area contributed by atoms with Gasteiger partial charge in [-0.2, -0.15) is 5.26 Å². The van der Waals surface area contributed by atoms with Crippen LogP contribution < -0.4 is 0 Å². The van der Waals surface area contributed by atoms with E-state index in [0.29, 0.717) is 0 Å². The lowest BCUT2D eigenvalue weighted by Gasteiger charge is -2.06. The summed E-state index contributed by atoms with van der Waals surface area (Å²) in [7, 11) is 0. The van der Waals surface area contributed by atoms with Gasteiger partial charge in [-0.05, 0) is 13.0 Å². The fourth-order valence-electron chi connectivity index (χ4n) is 1.14. The molecule has 0 amide bonds. The van der Waals surface area contributed by atoms with Crippen molar-refractivity contribution in [2.24, 2.45) is 0 Å². The number of aryl methyl sites for hydroxylation is 1. The van der Waals surface area contributed by atoms with Crippen molar-refractivity contribution in [2.45, 2.75) is 19.8 Å². The summed E-state index contributed by atoms with van der Waals surface area (Å²) in [5.41, 5.74) is -0.580. The van der Waals surface area contributed by atoms with Crippen molar-refractivity contribution in [2.75, 3.05) is 0 Å². The first-order chi connectivity index (χ1) is 6.56. The van der Waals surface area contributed by atoms with Gasteiger partial charge in [0.1, 0.15) is 5.82 Å². The van der Waals surface area contributed by atoms with Crippen molar-refractivity contribution in [1.29, 1.82) is 5.26 Å². The van der Waals surface area contributed by atoms with Gasteiger partial charge in [-0.25, -0.2) is 13.2 Å². The first kappa shape index (κ1) is 10.5. The fourth-order valence-corrected chi connectivity index (χ4v) is 1.14. The molecule has 0 saturated carbocycles. The Morgan fingerprint density at radius 2 is 2.21 bits per heavy atom. The minimum Gasteiger partial charge on any atom is -0.256 e. The quantitative estimate of drug-likeness (QED) is 0.735. The molecular formula is C9H7F3N2. The summed E-state index contributed by atoms with van der Waals surface area (Å²) >= 11 is 0. The number of hydrogen-bond donors (Lipinski definition) is 0. The van der Waals surface area contributed by atoms with Crippen molar-refractivity contribution in [3.05, 3.63) is 28.8 Å². The number of alkyl halides is 2. The van der Waals surface area contributed by atoms with E-state index in [0.717, 1.165) is 6.07 Å². The van der Waals surface area contributed by atoms with E-state index in [1.54, 1.807) is 6.07 Å². The predicted molar refractivity (Wildman–Crippen MR) is 43.2 cm³/mol. The van der Waals surface area contributed by atoms with Crippen LogP contribution in [0.15, 0.2) is 6.07 Å². The van der Waals surface area contributed by atoms with Gasteiger partial charge in [0.05, 0.1) is 23.7 Å². The third-order valence-corrected chi connectivity index (χ3v) is 1.73. The number of nitriles is 1. The molecule has 0 bridgehead atoms. The molecule has 74 valence electrons.